The predicted molar refractivity (Wildman–Crippen MR) is 66.0 cm³/mol. The molecule has 0 saturated carbocycles. The molecule has 0 spiro atoms. The summed E-state index contributed by atoms with van der Waals surface area (Å²) in [6.45, 7) is 1.61. The molecule has 1 aromatic carbocycles. The van der Waals surface area contributed by atoms with Gasteiger partial charge in [0, 0.05) is 11.6 Å². The highest BCUT2D eigenvalue weighted by Gasteiger charge is 2.12. The van der Waals surface area contributed by atoms with E-state index in [-0.39, 0.29) is 16.7 Å². The predicted octanol–water partition coefficient (Wildman–Crippen LogP) is 3.76. The van der Waals surface area contributed by atoms with Crippen molar-refractivity contribution in [3.63, 3.8) is 0 Å². The molecule has 2 rings (SSSR count). The highest BCUT2D eigenvalue weighted by Crippen LogP contribution is 2.26. The minimum atomic E-state index is -0.548. The third-order valence-electron chi connectivity index (χ3n) is 2.44. The highest BCUT2D eigenvalue weighted by molar-refractivity contribution is 6.29. The average Bonchev–Trinajstić information content (AvgIpc) is 2.31. The SMILES string of the molecule is Cc1cc(-c2cc([N+](=O)[O-])cc(Cl)n2)ccc1F. The second-order valence-corrected chi connectivity index (χ2v) is 4.14. The Bertz CT molecular complexity index is 631. The molecule has 0 unspecified atom stereocenters. The van der Waals surface area contributed by atoms with E-state index in [4.69, 9.17) is 11.6 Å². The van der Waals surface area contributed by atoms with Crippen molar-refractivity contribution >= 4 is 17.3 Å². The Balaban J connectivity index is 2.56. The van der Waals surface area contributed by atoms with Gasteiger partial charge in [-0.1, -0.05) is 11.6 Å². The number of aromatic nitrogens is 1. The largest absolute Gasteiger partial charge is 0.274 e. The van der Waals surface area contributed by atoms with Gasteiger partial charge in [-0.05, 0) is 30.7 Å². The second kappa shape index (κ2) is 4.70. The van der Waals surface area contributed by atoms with E-state index in [1.807, 2.05) is 0 Å². The maximum absolute atomic E-state index is 13.1. The summed E-state index contributed by atoms with van der Waals surface area (Å²) in [5, 5.41) is 10.7. The van der Waals surface area contributed by atoms with Crippen LogP contribution in [-0.4, -0.2) is 9.91 Å². The monoisotopic (exact) mass is 266 g/mol. The van der Waals surface area contributed by atoms with E-state index in [9.17, 15) is 14.5 Å². The van der Waals surface area contributed by atoms with Crippen LogP contribution in [0.25, 0.3) is 11.3 Å². The lowest BCUT2D eigenvalue weighted by Crippen LogP contribution is -1.92. The Morgan fingerprint density at radius 2 is 2.06 bits per heavy atom. The standard InChI is InChI=1S/C12H8ClFN2O2/c1-7-4-8(2-3-10(7)14)11-5-9(16(17)18)6-12(13)15-11/h2-6H,1H3. The molecule has 0 bridgehead atoms. The van der Waals surface area contributed by atoms with Crippen molar-refractivity contribution in [2.45, 2.75) is 6.92 Å². The zero-order valence-corrected chi connectivity index (χ0v) is 10.1. The fourth-order valence-corrected chi connectivity index (χ4v) is 1.74. The normalized spacial score (nSPS) is 10.4. The molecule has 92 valence electrons. The van der Waals surface area contributed by atoms with Crippen LogP contribution in [0.3, 0.4) is 0 Å². The summed E-state index contributed by atoms with van der Waals surface area (Å²) in [6, 6.07) is 6.83. The summed E-state index contributed by atoms with van der Waals surface area (Å²) < 4.78 is 13.1. The Hall–Kier alpha value is -2.01. The Kier molecular flexibility index (Phi) is 3.25. The molecule has 1 aromatic heterocycles. The number of hydrogen-bond acceptors (Lipinski definition) is 3. The number of aryl methyl sites for hydroxylation is 1. The van der Waals surface area contributed by atoms with Crippen LogP contribution in [0.1, 0.15) is 5.56 Å². The average molecular weight is 267 g/mol. The lowest BCUT2D eigenvalue weighted by Gasteiger charge is -2.04. The summed E-state index contributed by atoms with van der Waals surface area (Å²) >= 11 is 5.73. The first-order chi connectivity index (χ1) is 8.47. The first-order valence-corrected chi connectivity index (χ1v) is 5.43. The summed E-state index contributed by atoms with van der Waals surface area (Å²) in [7, 11) is 0. The molecular weight excluding hydrogens is 259 g/mol. The lowest BCUT2D eigenvalue weighted by atomic mass is 10.1. The van der Waals surface area contributed by atoms with Crippen LogP contribution in [0.4, 0.5) is 10.1 Å². The van der Waals surface area contributed by atoms with Crippen LogP contribution in [0.15, 0.2) is 30.3 Å². The van der Waals surface area contributed by atoms with E-state index in [1.165, 1.54) is 24.3 Å². The maximum atomic E-state index is 13.1. The van der Waals surface area contributed by atoms with Gasteiger partial charge in [0.25, 0.3) is 5.69 Å². The zero-order valence-electron chi connectivity index (χ0n) is 9.35. The van der Waals surface area contributed by atoms with Gasteiger partial charge in [-0.25, -0.2) is 9.37 Å². The minimum Gasteiger partial charge on any atom is -0.258 e. The van der Waals surface area contributed by atoms with Crippen molar-refractivity contribution in [3.8, 4) is 11.3 Å². The number of nitro groups is 1. The van der Waals surface area contributed by atoms with Crippen molar-refractivity contribution in [3.05, 3.63) is 57.0 Å². The van der Waals surface area contributed by atoms with E-state index in [0.717, 1.165) is 0 Å². The Labute approximate surface area is 107 Å². The number of rotatable bonds is 2. The molecule has 1 heterocycles. The molecule has 0 N–H and O–H groups in total. The molecule has 0 atom stereocenters. The van der Waals surface area contributed by atoms with Gasteiger partial charge >= 0.3 is 0 Å². The number of pyridine rings is 1. The van der Waals surface area contributed by atoms with Gasteiger partial charge in [-0.2, -0.15) is 0 Å². The molecule has 0 aliphatic heterocycles. The quantitative estimate of drug-likeness (QED) is 0.472. The number of halogens is 2. The third-order valence-corrected chi connectivity index (χ3v) is 2.64. The minimum absolute atomic E-state index is 0.0289. The first kappa shape index (κ1) is 12.4. The summed E-state index contributed by atoms with van der Waals surface area (Å²) in [5.74, 6) is -0.338. The van der Waals surface area contributed by atoms with Gasteiger partial charge in [-0.3, -0.25) is 10.1 Å². The van der Waals surface area contributed by atoms with Crippen LogP contribution >= 0.6 is 11.6 Å². The fourth-order valence-electron chi connectivity index (χ4n) is 1.54. The molecule has 0 amide bonds. The van der Waals surface area contributed by atoms with Crippen molar-refractivity contribution < 1.29 is 9.31 Å². The van der Waals surface area contributed by atoms with Gasteiger partial charge in [0.1, 0.15) is 11.0 Å². The molecule has 4 nitrogen and oxygen atoms in total. The van der Waals surface area contributed by atoms with E-state index in [0.29, 0.717) is 16.8 Å². The van der Waals surface area contributed by atoms with E-state index in [1.54, 1.807) is 13.0 Å². The smallest absolute Gasteiger partial charge is 0.258 e. The second-order valence-electron chi connectivity index (χ2n) is 3.75. The van der Waals surface area contributed by atoms with Crippen LogP contribution in [-0.2, 0) is 0 Å². The van der Waals surface area contributed by atoms with Crippen LogP contribution < -0.4 is 0 Å². The number of benzene rings is 1. The Morgan fingerprint density at radius 3 is 2.67 bits per heavy atom. The van der Waals surface area contributed by atoms with Crippen molar-refractivity contribution in [2.75, 3.05) is 0 Å². The summed E-state index contributed by atoms with van der Waals surface area (Å²) in [5.41, 5.74) is 1.22. The van der Waals surface area contributed by atoms with Crippen LogP contribution in [0, 0.1) is 22.9 Å². The molecule has 0 aliphatic rings. The highest BCUT2D eigenvalue weighted by atomic mass is 35.5. The van der Waals surface area contributed by atoms with Gasteiger partial charge in [-0.15, -0.1) is 0 Å². The fraction of sp³-hybridized carbons (Fsp3) is 0.0833. The molecule has 0 saturated heterocycles. The summed E-state index contributed by atoms with van der Waals surface area (Å²) in [6.07, 6.45) is 0. The van der Waals surface area contributed by atoms with Crippen molar-refractivity contribution in [1.29, 1.82) is 0 Å². The molecular formula is C12H8ClFN2O2. The van der Waals surface area contributed by atoms with Crippen molar-refractivity contribution in [2.24, 2.45) is 0 Å². The lowest BCUT2D eigenvalue weighted by molar-refractivity contribution is -0.384. The topological polar surface area (TPSA) is 56.0 Å². The zero-order chi connectivity index (χ0) is 13.3. The number of hydrogen-bond donors (Lipinski definition) is 0. The molecule has 18 heavy (non-hydrogen) atoms. The molecule has 0 fully saturated rings. The van der Waals surface area contributed by atoms with Crippen LogP contribution in [0.5, 0.6) is 0 Å². The van der Waals surface area contributed by atoms with Gasteiger partial charge < -0.3 is 0 Å². The van der Waals surface area contributed by atoms with Gasteiger partial charge in [0.2, 0.25) is 0 Å². The van der Waals surface area contributed by atoms with E-state index < -0.39 is 4.92 Å². The molecule has 0 radical (unpaired) electrons. The van der Waals surface area contributed by atoms with E-state index >= 15 is 0 Å². The molecule has 6 heteroatoms. The maximum Gasteiger partial charge on any atom is 0.274 e. The van der Waals surface area contributed by atoms with Crippen LogP contribution in [0.2, 0.25) is 5.15 Å². The van der Waals surface area contributed by atoms with Gasteiger partial charge in [0.15, 0.2) is 0 Å². The molecule has 0 aliphatic carbocycles. The van der Waals surface area contributed by atoms with E-state index in [2.05, 4.69) is 4.98 Å². The van der Waals surface area contributed by atoms with Crippen molar-refractivity contribution in [1.82, 2.24) is 4.98 Å². The van der Waals surface area contributed by atoms with Gasteiger partial charge in [0.05, 0.1) is 16.7 Å². The summed E-state index contributed by atoms with van der Waals surface area (Å²) in [4.78, 5) is 14.2. The number of nitrogens with zero attached hydrogens (tertiary/aromatic N) is 2. The first-order valence-electron chi connectivity index (χ1n) is 5.06. The third kappa shape index (κ3) is 2.46. The Morgan fingerprint density at radius 1 is 1.33 bits per heavy atom. The molecule has 2 aromatic rings.